The first-order chi connectivity index (χ1) is 12.3. The van der Waals surface area contributed by atoms with Crippen LogP contribution in [0.1, 0.15) is 11.6 Å². The van der Waals surface area contributed by atoms with Crippen molar-refractivity contribution in [2.45, 2.75) is 6.04 Å². The molecule has 2 N–H and O–H groups in total. The summed E-state index contributed by atoms with van der Waals surface area (Å²) in [5.74, 6) is 0.474. The van der Waals surface area contributed by atoms with Crippen LogP contribution in [0.25, 0.3) is 0 Å². The number of amides is 1. The number of benzene rings is 3. The predicted molar refractivity (Wildman–Crippen MR) is 101 cm³/mol. The molecule has 0 aliphatic rings. The monoisotopic (exact) mass is 332 g/mol. The van der Waals surface area contributed by atoms with Gasteiger partial charge in [-0.15, -0.1) is 0 Å². The molecule has 4 heteroatoms. The molecule has 0 aliphatic carbocycles. The van der Waals surface area contributed by atoms with Gasteiger partial charge in [0.1, 0.15) is 11.8 Å². The standard InChI is InChI=1S/C21H20N2O2/c1-25-19-15-9-8-14-18(19)23-21(24)20(16-10-4-2-5-11-16)22-17-12-6-3-7-13-17/h2-15,20,22H,1H3,(H,23,24). The van der Waals surface area contributed by atoms with E-state index in [-0.39, 0.29) is 5.91 Å². The third-order valence-corrected chi connectivity index (χ3v) is 3.84. The van der Waals surface area contributed by atoms with Gasteiger partial charge >= 0.3 is 0 Å². The number of nitrogens with one attached hydrogen (secondary N) is 2. The van der Waals surface area contributed by atoms with Crippen molar-refractivity contribution in [2.75, 3.05) is 17.7 Å². The highest BCUT2D eigenvalue weighted by molar-refractivity contribution is 5.98. The molecular formula is C21H20N2O2. The Labute approximate surface area is 147 Å². The molecule has 4 nitrogen and oxygen atoms in total. The summed E-state index contributed by atoms with van der Waals surface area (Å²) in [7, 11) is 1.59. The Bertz CT molecular complexity index is 820. The lowest BCUT2D eigenvalue weighted by atomic mass is 10.1. The Balaban J connectivity index is 1.87. The van der Waals surface area contributed by atoms with Crippen molar-refractivity contribution in [2.24, 2.45) is 0 Å². The van der Waals surface area contributed by atoms with E-state index >= 15 is 0 Å². The zero-order valence-electron chi connectivity index (χ0n) is 14.0. The summed E-state index contributed by atoms with van der Waals surface area (Å²) in [6, 6.07) is 26.2. The maximum absolute atomic E-state index is 13.0. The van der Waals surface area contributed by atoms with Crippen molar-refractivity contribution >= 4 is 17.3 Å². The smallest absolute Gasteiger partial charge is 0.251 e. The van der Waals surface area contributed by atoms with Gasteiger partial charge < -0.3 is 15.4 Å². The van der Waals surface area contributed by atoms with Gasteiger partial charge in [-0.1, -0.05) is 60.7 Å². The van der Waals surface area contributed by atoms with Gasteiger partial charge in [-0.3, -0.25) is 4.79 Å². The number of anilines is 2. The van der Waals surface area contributed by atoms with Crippen LogP contribution in [-0.2, 0) is 4.79 Å². The van der Waals surface area contributed by atoms with Crippen LogP contribution in [0.5, 0.6) is 5.75 Å². The van der Waals surface area contributed by atoms with E-state index in [2.05, 4.69) is 10.6 Å². The van der Waals surface area contributed by atoms with Gasteiger partial charge in [0.25, 0.3) is 5.91 Å². The van der Waals surface area contributed by atoms with Crippen LogP contribution in [0.15, 0.2) is 84.9 Å². The first-order valence-electron chi connectivity index (χ1n) is 8.08. The molecule has 1 unspecified atom stereocenters. The first kappa shape index (κ1) is 16.6. The molecule has 0 bridgehead atoms. The van der Waals surface area contributed by atoms with Gasteiger partial charge in [-0.05, 0) is 29.8 Å². The lowest BCUT2D eigenvalue weighted by Gasteiger charge is -2.20. The normalized spacial score (nSPS) is 11.4. The highest BCUT2D eigenvalue weighted by Gasteiger charge is 2.21. The average Bonchev–Trinajstić information content (AvgIpc) is 2.68. The van der Waals surface area contributed by atoms with Gasteiger partial charge in [-0.25, -0.2) is 0 Å². The molecule has 25 heavy (non-hydrogen) atoms. The molecule has 3 aromatic carbocycles. The molecule has 0 fully saturated rings. The third-order valence-electron chi connectivity index (χ3n) is 3.84. The Morgan fingerprint density at radius 2 is 1.44 bits per heavy atom. The molecule has 0 radical (unpaired) electrons. The fraction of sp³-hybridized carbons (Fsp3) is 0.0952. The average molecular weight is 332 g/mol. The van der Waals surface area contributed by atoms with Crippen LogP contribution in [0.2, 0.25) is 0 Å². The number of para-hydroxylation sites is 3. The summed E-state index contributed by atoms with van der Waals surface area (Å²) in [6.07, 6.45) is 0. The molecule has 3 aromatic rings. The number of carbonyl (C=O) groups excluding carboxylic acids is 1. The molecule has 1 amide bonds. The van der Waals surface area contributed by atoms with Gasteiger partial charge in [0.2, 0.25) is 0 Å². The van der Waals surface area contributed by atoms with Crippen LogP contribution in [0.4, 0.5) is 11.4 Å². The van der Waals surface area contributed by atoms with Gasteiger partial charge in [0.15, 0.2) is 0 Å². The van der Waals surface area contributed by atoms with Crippen molar-refractivity contribution in [1.82, 2.24) is 0 Å². The third kappa shape index (κ3) is 4.18. The molecule has 0 heterocycles. The number of carbonyl (C=O) groups is 1. The minimum atomic E-state index is -0.520. The Hall–Kier alpha value is -3.27. The predicted octanol–water partition coefficient (Wildman–Crippen LogP) is 4.49. The van der Waals surface area contributed by atoms with E-state index in [4.69, 9.17) is 4.74 Å². The molecule has 0 aliphatic heterocycles. The summed E-state index contributed by atoms with van der Waals surface area (Å²) in [5.41, 5.74) is 2.41. The lowest BCUT2D eigenvalue weighted by molar-refractivity contribution is -0.117. The molecule has 0 spiro atoms. The maximum atomic E-state index is 13.0. The van der Waals surface area contributed by atoms with Gasteiger partial charge in [-0.2, -0.15) is 0 Å². The molecule has 126 valence electrons. The second-order valence-corrected chi connectivity index (χ2v) is 5.54. The number of ether oxygens (including phenoxy) is 1. The minimum absolute atomic E-state index is 0.153. The molecule has 1 atom stereocenters. The molecule has 0 aromatic heterocycles. The van der Waals surface area contributed by atoms with Crippen molar-refractivity contribution in [3.05, 3.63) is 90.5 Å². The van der Waals surface area contributed by atoms with E-state index in [0.717, 1.165) is 11.3 Å². The fourth-order valence-electron chi connectivity index (χ4n) is 2.60. The van der Waals surface area contributed by atoms with E-state index < -0.39 is 6.04 Å². The van der Waals surface area contributed by atoms with Crippen LogP contribution >= 0.6 is 0 Å². The SMILES string of the molecule is COc1ccccc1NC(=O)C(Nc1ccccc1)c1ccccc1. The quantitative estimate of drug-likeness (QED) is 0.699. The fourth-order valence-corrected chi connectivity index (χ4v) is 2.60. The summed E-state index contributed by atoms with van der Waals surface area (Å²) < 4.78 is 5.31. The molecule has 3 rings (SSSR count). The second kappa shape index (κ2) is 8.02. The second-order valence-electron chi connectivity index (χ2n) is 5.54. The van der Waals surface area contributed by atoms with Crippen molar-refractivity contribution in [1.29, 1.82) is 0 Å². The lowest BCUT2D eigenvalue weighted by Crippen LogP contribution is -2.27. The Morgan fingerprint density at radius 3 is 2.12 bits per heavy atom. The van der Waals surface area contributed by atoms with Crippen molar-refractivity contribution in [3.8, 4) is 5.75 Å². The highest BCUT2D eigenvalue weighted by Crippen LogP contribution is 2.26. The number of hydrogen-bond acceptors (Lipinski definition) is 3. The van der Waals surface area contributed by atoms with Gasteiger partial charge in [0.05, 0.1) is 12.8 Å². The minimum Gasteiger partial charge on any atom is -0.495 e. The van der Waals surface area contributed by atoms with Gasteiger partial charge in [0, 0.05) is 5.69 Å². The number of hydrogen-bond donors (Lipinski definition) is 2. The summed E-state index contributed by atoms with van der Waals surface area (Å²) in [6.45, 7) is 0. The Morgan fingerprint density at radius 1 is 0.840 bits per heavy atom. The topological polar surface area (TPSA) is 50.4 Å². The van der Waals surface area contributed by atoms with Crippen molar-refractivity contribution in [3.63, 3.8) is 0 Å². The number of rotatable bonds is 6. The zero-order valence-corrected chi connectivity index (χ0v) is 14.0. The van der Waals surface area contributed by atoms with E-state index in [1.54, 1.807) is 7.11 Å². The maximum Gasteiger partial charge on any atom is 0.251 e. The van der Waals surface area contributed by atoms with Crippen LogP contribution in [-0.4, -0.2) is 13.0 Å². The largest absolute Gasteiger partial charge is 0.495 e. The van der Waals surface area contributed by atoms with Crippen LogP contribution < -0.4 is 15.4 Å². The first-order valence-corrected chi connectivity index (χ1v) is 8.08. The van der Waals surface area contributed by atoms with E-state index in [0.29, 0.717) is 11.4 Å². The Kier molecular flexibility index (Phi) is 5.32. The zero-order chi connectivity index (χ0) is 17.5. The summed E-state index contributed by atoms with van der Waals surface area (Å²) in [4.78, 5) is 13.0. The summed E-state index contributed by atoms with van der Waals surface area (Å²) >= 11 is 0. The van der Waals surface area contributed by atoms with E-state index in [1.165, 1.54) is 0 Å². The molecule has 0 saturated heterocycles. The van der Waals surface area contributed by atoms with Crippen molar-refractivity contribution < 1.29 is 9.53 Å². The number of methoxy groups -OCH3 is 1. The van der Waals surface area contributed by atoms with Crippen LogP contribution in [0, 0.1) is 0 Å². The van der Waals surface area contributed by atoms with Crippen LogP contribution in [0.3, 0.4) is 0 Å². The van der Waals surface area contributed by atoms with E-state index in [1.807, 2.05) is 84.9 Å². The molecular weight excluding hydrogens is 312 g/mol. The molecule has 0 saturated carbocycles. The summed E-state index contributed by atoms with van der Waals surface area (Å²) in [5, 5.41) is 6.25. The van der Waals surface area contributed by atoms with E-state index in [9.17, 15) is 4.79 Å². The highest BCUT2D eigenvalue weighted by atomic mass is 16.5.